The van der Waals surface area contributed by atoms with Crippen LogP contribution in [0.5, 0.6) is 17.2 Å². The maximum Gasteiger partial charge on any atom is 0.224 e. The molecule has 1 aliphatic rings. The minimum atomic E-state index is -0.381. The number of amides is 1. The lowest BCUT2D eigenvalue weighted by molar-refractivity contribution is -0.120. The lowest BCUT2D eigenvalue weighted by Gasteiger charge is -2.11. The lowest BCUT2D eigenvalue weighted by atomic mass is 10.00. The molecule has 2 N–H and O–H groups in total. The number of phenols is 1. The van der Waals surface area contributed by atoms with Gasteiger partial charge in [-0.05, 0) is 70.7 Å². The lowest BCUT2D eigenvalue weighted by Crippen LogP contribution is -2.22. The van der Waals surface area contributed by atoms with E-state index in [0.29, 0.717) is 11.5 Å². The van der Waals surface area contributed by atoms with E-state index in [1.165, 1.54) is 38.8 Å². The summed E-state index contributed by atoms with van der Waals surface area (Å²) in [6.45, 7) is 2.07. The number of nitrogens with one attached hydrogen (secondary N) is 1. The highest BCUT2D eigenvalue weighted by Gasteiger charge is 2.26. The SMILES string of the molecule is COc1cc(/C=C2/C(C)=C(CC(=O)NCc3ncco3)c3cc(F)ccc32)cc(OC)c1O. The van der Waals surface area contributed by atoms with Gasteiger partial charge < -0.3 is 24.3 Å². The van der Waals surface area contributed by atoms with Crippen LogP contribution >= 0.6 is 0 Å². The number of hydrogen-bond donors (Lipinski definition) is 2. The minimum absolute atomic E-state index is 0.0720. The first-order chi connectivity index (χ1) is 15.9. The van der Waals surface area contributed by atoms with Crippen molar-refractivity contribution in [1.29, 1.82) is 0 Å². The maximum absolute atomic E-state index is 14.1. The van der Waals surface area contributed by atoms with E-state index in [9.17, 15) is 14.3 Å². The van der Waals surface area contributed by atoms with Crippen molar-refractivity contribution in [2.45, 2.75) is 19.9 Å². The molecular weight excluding hydrogens is 427 g/mol. The van der Waals surface area contributed by atoms with Crippen LogP contribution < -0.4 is 14.8 Å². The van der Waals surface area contributed by atoms with Crippen molar-refractivity contribution >= 4 is 23.1 Å². The summed E-state index contributed by atoms with van der Waals surface area (Å²) in [6, 6.07) is 7.90. The number of oxazole rings is 1. The number of carbonyl (C=O) groups excluding carboxylic acids is 1. The van der Waals surface area contributed by atoms with Gasteiger partial charge in [-0.25, -0.2) is 9.37 Å². The molecule has 3 aromatic rings. The van der Waals surface area contributed by atoms with Crippen molar-refractivity contribution in [3.8, 4) is 17.2 Å². The van der Waals surface area contributed by atoms with Gasteiger partial charge in [-0.1, -0.05) is 6.07 Å². The monoisotopic (exact) mass is 450 g/mol. The number of nitrogens with zero attached hydrogens (tertiary/aromatic N) is 1. The van der Waals surface area contributed by atoms with E-state index < -0.39 is 0 Å². The van der Waals surface area contributed by atoms with E-state index in [1.807, 2.05) is 13.0 Å². The number of rotatable bonds is 7. The molecule has 0 saturated heterocycles. The number of halogens is 1. The molecule has 1 aliphatic carbocycles. The third-order valence-electron chi connectivity index (χ3n) is 5.52. The van der Waals surface area contributed by atoms with Gasteiger partial charge in [-0.3, -0.25) is 4.79 Å². The van der Waals surface area contributed by atoms with Crippen LogP contribution in [0.4, 0.5) is 4.39 Å². The third-order valence-corrected chi connectivity index (χ3v) is 5.52. The van der Waals surface area contributed by atoms with E-state index >= 15 is 0 Å². The molecule has 1 amide bonds. The highest BCUT2D eigenvalue weighted by molar-refractivity contribution is 6.08. The Morgan fingerprint density at radius 1 is 1.18 bits per heavy atom. The van der Waals surface area contributed by atoms with Gasteiger partial charge in [0.1, 0.15) is 12.1 Å². The van der Waals surface area contributed by atoms with Crippen LogP contribution in [0, 0.1) is 5.82 Å². The number of allylic oxidation sites excluding steroid dienone is 2. The van der Waals surface area contributed by atoms with Crippen molar-refractivity contribution in [3.63, 3.8) is 0 Å². The molecule has 1 heterocycles. The Morgan fingerprint density at radius 3 is 2.55 bits per heavy atom. The van der Waals surface area contributed by atoms with Crippen LogP contribution in [-0.4, -0.2) is 30.2 Å². The van der Waals surface area contributed by atoms with Crippen molar-refractivity contribution < 1.29 is 28.2 Å². The van der Waals surface area contributed by atoms with Gasteiger partial charge >= 0.3 is 0 Å². The molecule has 33 heavy (non-hydrogen) atoms. The van der Waals surface area contributed by atoms with Crippen LogP contribution in [0.3, 0.4) is 0 Å². The Labute approximate surface area is 190 Å². The Kier molecular flexibility index (Phi) is 6.17. The molecule has 4 rings (SSSR count). The van der Waals surface area contributed by atoms with Crippen molar-refractivity contribution in [2.75, 3.05) is 14.2 Å². The summed E-state index contributed by atoms with van der Waals surface area (Å²) in [7, 11) is 2.92. The molecule has 1 aromatic heterocycles. The minimum Gasteiger partial charge on any atom is -0.502 e. The van der Waals surface area contributed by atoms with Gasteiger partial charge in [0, 0.05) is 0 Å². The zero-order valence-corrected chi connectivity index (χ0v) is 18.4. The molecule has 170 valence electrons. The summed E-state index contributed by atoms with van der Waals surface area (Å²) in [5.41, 5.74) is 4.64. The van der Waals surface area contributed by atoms with Crippen molar-refractivity contribution in [3.05, 3.63) is 76.8 Å². The van der Waals surface area contributed by atoms with Gasteiger partial charge in [-0.2, -0.15) is 0 Å². The molecule has 0 atom stereocenters. The summed E-state index contributed by atoms with van der Waals surface area (Å²) in [5, 5.41) is 13.0. The summed E-state index contributed by atoms with van der Waals surface area (Å²) in [6.07, 6.45) is 4.92. The second-order valence-electron chi connectivity index (χ2n) is 7.50. The Morgan fingerprint density at radius 2 is 1.91 bits per heavy atom. The van der Waals surface area contributed by atoms with Crippen LogP contribution in [0.25, 0.3) is 17.2 Å². The second-order valence-corrected chi connectivity index (χ2v) is 7.50. The predicted molar refractivity (Wildman–Crippen MR) is 121 cm³/mol. The number of fused-ring (bicyclic) bond motifs is 1. The molecule has 2 aromatic carbocycles. The molecule has 0 fully saturated rings. The van der Waals surface area contributed by atoms with Gasteiger partial charge in [0.2, 0.25) is 17.5 Å². The van der Waals surface area contributed by atoms with Gasteiger partial charge in [0.15, 0.2) is 11.5 Å². The standard InChI is InChI=1S/C25H23FN2O5/c1-14-18(8-15-9-21(31-2)25(30)22(10-15)32-3)17-5-4-16(26)11-20(17)19(14)12-23(29)28-13-24-27-6-7-33-24/h4-11,30H,12-13H2,1-3H3,(H,28,29)/b18-8-. The Hall–Kier alpha value is -4.07. The van der Waals surface area contributed by atoms with Gasteiger partial charge in [0.05, 0.1) is 33.4 Å². The van der Waals surface area contributed by atoms with Crippen LogP contribution in [0.1, 0.15) is 35.9 Å². The summed E-state index contributed by atoms with van der Waals surface area (Å²) < 4.78 is 29.7. The number of hydrogen-bond acceptors (Lipinski definition) is 6. The van der Waals surface area contributed by atoms with Crippen LogP contribution in [0.15, 0.2) is 52.8 Å². The number of ether oxygens (including phenoxy) is 2. The molecule has 0 aliphatic heterocycles. The van der Waals surface area contributed by atoms with Crippen LogP contribution in [0.2, 0.25) is 0 Å². The first-order valence-corrected chi connectivity index (χ1v) is 10.2. The van der Waals surface area contributed by atoms with Crippen molar-refractivity contribution in [1.82, 2.24) is 10.3 Å². The smallest absolute Gasteiger partial charge is 0.224 e. The van der Waals surface area contributed by atoms with E-state index in [0.717, 1.165) is 27.8 Å². The number of methoxy groups -OCH3 is 2. The molecule has 0 radical (unpaired) electrons. The fourth-order valence-electron chi connectivity index (χ4n) is 3.88. The molecular formula is C25H23FN2O5. The fraction of sp³-hybridized carbons (Fsp3) is 0.200. The van der Waals surface area contributed by atoms with Crippen molar-refractivity contribution in [2.24, 2.45) is 0 Å². The molecule has 0 spiro atoms. The average molecular weight is 450 g/mol. The third kappa shape index (κ3) is 4.45. The number of carbonyl (C=O) groups is 1. The highest BCUT2D eigenvalue weighted by atomic mass is 19.1. The summed E-state index contributed by atoms with van der Waals surface area (Å²) in [5.74, 6) is 0.243. The largest absolute Gasteiger partial charge is 0.502 e. The topological polar surface area (TPSA) is 93.8 Å². The number of phenolic OH excluding ortho intramolecular Hbond substituents is 1. The second kappa shape index (κ2) is 9.20. The van der Waals surface area contributed by atoms with E-state index in [-0.39, 0.29) is 41.9 Å². The number of aromatic hydroxyl groups is 1. The van der Waals surface area contributed by atoms with Gasteiger partial charge in [0.25, 0.3) is 0 Å². The number of benzene rings is 2. The average Bonchev–Trinajstić information content (AvgIpc) is 3.41. The molecule has 7 nitrogen and oxygen atoms in total. The quantitative estimate of drug-likeness (QED) is 0.548. The van der Waals surface area contributed by atoms with E-state index in [4.69, 9.17) is 13.9 Å². The van der Waals surface area contributed by atoms with E-state index in [2.05, 4.69) is 10.3 Å². The Balaban J connectivity index is 1.70. The zero-order chi connectivity index (χ0) is 23.5. The normalized spacial score (nSPS) is 13.9. The maximum atomic E-state index is 14.1. The predicted octanol–water partition coefficient (Wildman–Crippen LogP) is 4.57. The van der Waals surface area contributed by atoms with Gasteiger partial charge in [-0.15, -0.1) is 0 Å². The Bertz CT molecular complexity index is 1240. The molecule has 8 heteroatoms. The zero-order valence-electron chi connectivity index (χ0n) is 18.4. The number of aromatic nitrogens is 1. The fourth-order valence-corrected chi connectivity index (χ4v) is 3.88. The molecule has 0 saturated carbocycles. The molecule has 0 unspecified atom stereocenters. The first-order valence-electron chi connectivity index (χ1n) is 10.2. The summed E-state index contributed by atoms with van der Waals surface area (Å²) >= 11 is 0. The van der Waals surface area contributed by atoms with Crippen LogP contribution in [-0.2, 0) is 11.3 Å². The highest BCUT2D eigenvalue weighted by Crippen LogP contribution is 2.45. The summed E-state index contributed by atoms with van der Waals surface area (Å²) in [4.78, 5) is 16.6. The first kappa shape index (κ1) is 22.1. The molecule has 0 bridgehead atoms. The van der Waals surface area contributed by atoms with E-state index in [1.54, 1.807) is 18.2 Å².